The second-order valence-corrected chi connectivity index (χ2v) is 5.73. The fourth-order valence-corrected chi connectivity index (χ4v) is 2.88. The Labute approximate surface area is 109 Å². The Morgan fingerprint density at radius 1 is 1.44 bits per heavy atom. The van der Waals surface area contributed by atoms with Crippen molar-refractivity contribution in [2.75, 3.05) is 6.54 Å². The maximum Gasteiger partial charge on any atom is 0.0771 e. The van der Waals surface area contributed by atoms with Crippen LogP contribution in [0, 0.1) is 6.92 Å². The topological polar surface area (TPSA) is 50.1 Å². The molecular weight excluding hydrogens is 226 g/mol. The van der Waals surface area contributed by atoms with Crippen LogP contribution in [-0.2, 0) is 7.05 Å². The van der Waals surface area contributed by atoms with Crippen LogP contribution in [0.25, 0.3) is 0 Å². The number of aryl methyl sites for hydroxylation is 2. The molecule has 1 saturated carbocycles. The number of rotatable bonds is 4. The van der Waals surface area contributed by atoms with E-state index in [0.717, 1.165) is 31.4 Å². The lowest BCUT2D eigenvalue weighted by atomic mass is 9.84. The van der Waals surface area contributed by atoms with E-state index < -0.39 is 5.60 Å². The van der Waals surface area contributed by atoms with Crippen LogP contribution in [0.2, 0.25) is 0 Å². The highest BCUT2D eigenvalue weighted by molar-refractivity contribution is 5.19. The average molecular weight is 251 g/mol. The summed E-state index contributed by atoms with van der Waals surface area (Å²) >= 11 is 0. The van der Waals surface area contributed by atoms with Crippen molar-refractivity contribution in [2.24, 2.45) is 7.05 Å². The highest BCUT2D eigenvalue weighted by Crippen LogP contribution is 2.28. The first kappa shape index (κ1) is 13.6. The summed E-state index contributed by atoms with van der Waals surface area (Å²) in [6, 6.07) is 0.240. The minimum absolute atomic E-state index is 0.240. The molecule has 1 aromatic heterocycles. The highest BCUT2D eigenvalue weighted by Gasteiger charge is 2.29. The second-order valence-electron chi connectivity index (χ2n) is 5.73. The smallest absolute Gasteiger partial charge is 0.0771 e. The van der Waals surface area contributed by atoms with E-state index in [4.69, 9.17) is 0 Å². The van der Waals surface area contributed by atoms with Gasteiger partial charge in [-0.3, -0.25) is 4.68 Å². The number of aromatic nitrogens is 2. The van der Waals surface area contributed by atoms with Crippen LogP contribution in [0.1, 0.15) is 56.3 Å². The van der Waals surface area contributed by atoms with Gasteiger partial charge in [-0.05, 0) is 26.7 Å². The largest absolute Gasteiger partial charge is 0.389 e. The fourth-order valence-electron chi connectivity index (χ4n) is 2.88. The van der Waals surface area contributed by atoms with Gasteiger partial charge in [0.15, 0.2) is 0 Å². The number of aliphatic hydroxyl groups is 1. The van der Waals surface area contributed by atoms with E-state index in [1.54, 1.807) is 0 Å². The van der Waals surface area contributed by atoms with Gasteiger partial charge in [0, 0.05) is 31.4 Å². The monoisotopic (exact) mass is 251 g/mol. The van der Waals surface area contributed by atoms with Crippen molar-refractivity contribution in [3.05, 3.63) is 17.5 Å². The van der Waals surface area contributed by atoms with Gasteiger partial charge in [0.25, 0.3) is 0 Å². The van der Waals surface area contributed by atoms with Gasteiger partial charge < -0.3 is 10.4 Å². The molecule has 1 atom stereocenters. The van der Waals surface area contributed by atoms with Gasteiger partial charge in [-0.1, -0.05) is 19.3 Å². The first-order chi connectivity index (χ1) is 8.50. The van der Waals surface area contributed by atoms with Gasteiger partial charge in [0.05, 0.1) is 11.3 Å². The maximum atomic E-state index is 10.5. The molecule has 1 unspecified atom stereocenters. The minimum Gasteiger partial charge on any atom is -0.389 e. The molecule has 4 nitrogen and oxygen atoms in total. The van der Waals surface area contributed by atoms with Gasteiger partial charge in [-0.2, -0.15) is 5.10 Å². The molecule has 2 rings (SSSR count). The molecule has 0 aliphatic heterocycles. The molecule has 0 saturated heterocycles. The van der Waals surface area contributed by atoms with Crippen molar-refractivity contribution in [1.82, 2.24) is 15.1 Å². The van der Waals surface area contributed by atoms with Crippen molar-refractivity contribution < 1.29 is 5.11 Å². The summed E-state index contributed by atoms with van der Waals surface area (Å²) < 4.78 is 1.85. The number of hydrogen-bond donors (Lipinski definition) is 2. The Bertz CT molecular complexity index is 394. The van der Waals surface area contributed by atoms with Crippen LogP contribution in [0.15, 0.2) is 6.20 Å². The molecule has 0 radical (unpaired) electrons. The zero-order chi connectivity index (χ0) is 13.2. The van der Waals surface area contributed by atoms with Crippen molar-refractivity contribution in [3.63, 3.8) is 0 Å². The third-order valence-electron chi connectivity index (χ3n) is 4.04. The molecular formula is C14H25N3O. The lowest BCUT2D eigenvalue weighted by Gasteiger charge is -2.33. The van der Waals surface area contributed by atoms with Gasteiger partial charge >= 0.3 is 0 Å². The van der Waals surface area contributed by atoms with Crippen LogP contribution in [0.4, 0.5) is 0 Å². The van der Waals surface area contributed by atoms with Gasteiger partial charge in [-0.15, -0.1) is 0 Å². The van der Waals surface area contributed by atoms with E-state index in [1.165, 1.54) is 12.0 Å². The molecule has 2 N–H and O–H groups in total. The van der Waals surface area contributed by atoms with Crippen LogP contribution in [-0.4, -0.2) is 27.0 Å². The lowest BCUT2D eigenvalue weighted by Crippen LogP contribution is -2.42. The average Bonchev–Trinajstić information content (AvgIpc) is 2.67. The minimum atomic E-state index is -0.497. The molecule has 0 bridgehead atoms. The van der Waals surface area contributed by atoms with Crippen LogP contribution in [0.5, 0.6) is 0 Å². The molecule has 1 aliphatic rings. The van der Waals surface area contributed by atoms with Gasteiger partial charge in [0.1, 0.15) is 0 Å². The number of nitrogens with zero attached hydrogens (tertiary/aromatic N) is 2. The normalized spacial score (nSPS) is 20.9. The summed E-state index contributed by atoms with van der Waals surface area (Å²) in [6.07, 6.45) is 7.48. The Morgan fingerprint density at radius 2 is 2.11 bits per heavy atom. The predicted molar refractivity (Wildman–Crippen MR) is 72.4 cm³/mol. The molecule has 1 heterocycles. The SMILES string of the molecule is Cc1nn(C)cc1C(C)NCC1(O)CCCCC1. The summed E-state index contributed by atoms with van der Waals surface area (Å²) in [5, 5.41) is 18.3. The molecule has 0 amide bonds. The lowest BCUT2D eigenvalue weighted by molar-refractivity contribution is 0.00298. The van der Waals surface area contributed by atoms with E-state index >= 15 is 0 Å². The van der Waals surface area contributed by atoms with E-state index in [1.807, 2.05) is 18.7 Å². The molecule has 1 aliphatic carbocycles. The predicted octanol–water partition coefficient (Wildman–Crippen LogP) is 2.07. The van der Waals surface area contributed by atoms with E-state index in [-0.39, 0.29) is 6.04 Å². The zero-order valence-electron chi connectivity index (χ0n) is 11.7. The van der Waals surface area contributed by atoms with Crippen molar-refractivity contribution >= 4 is 0 Å². The first-order valence-corrected chi connectivity index (χ1v) is 6.96. The van der Waals surface area contributed by atoms with E-state index in [9.17, 15) is 5.11 Å². The zero-order valence-corrected chi connectivity index (χ0v) is 11.7. The molecule has 4 heteroatoms. The summed E-state index contributed by atoms with van der Waals surface area (Å²) in [6.45, 7) is 4.85. The van der Waals surface area contributed by atoms with Crippen LogP contribution in [0.3, 0.4) is 0 Å². The number of hydrogen-bond acceptors (Lipinski definition) is 3. The van der Waals surface area contributed by atoms with Crippen molar-refractivity contribution in [3.8, 4) is 0 Å². The van der Waals surface area contributed by atoms with Gasteiger partial charge in [0.2, 0.25) is 0 Å². The second kappa shape index (κ2) is 5.41. The molecule has 1 fully saturated rings. The van der Waals surface area contributed by atoms with Crippen molar-refractivity contribution in [2.45, 2.75) is 57.6 Å². The highest BCUT2D eigenvalue weighted by atomic mass is 16.3. The third kappa shape index (κ3) is 3.12. The Hall–Kier alpha value is -0.870. The Kier molecular flexibility index (Phi) is 4.07. The van der Waals surface area contributed by atoms with Crippen LogP contribution >= 0.6 is 0 Å². The Balaban J connectivity index is 1.91. The van der Waals surface area contributed by atoms with Crippen molar-refractivity contribution in [1.29, 1.82) is 0 Å². The standard InChI is InChI=1S/C14H25N3O/c1-11(13-9-17(3)16-12(13)2)15-10-14(18)7-5-4-6-8-14/h9,11,15,18H,4-8,10H2,1-3H3. The molecule has 18 heavy (non-hydrogen) atoms. The molecule has 102 valence electrons. The molecule has 0 spiro atoms. The van der Waals surface area contributed by atoms with E-state index in [0.29, 0.717) is 6.54 Å². The Morgan fingerprint density at radius 3 is 2.67 bits per heavy atom. The fraction of sp³-hybridized carbons (Fsp3) is 0.786. The maximum absolute atomic E-state index is 10.5. The summed E-state index contributed by atoms with van der Waals surface area (Å²) in [5.41, 5.74) is 1.79. The molecule has 1 aromatic rings. The quantitative estimate of drug-likeness (QED) is 0.861. The summed E-state index contributed by atoms with van der Waals surface area (Å²) in [7, 11) is 1.94. The third-order valence-corrected chi connectivity index (χ3v) is 4.04. The number of nitrogens with one attached hydrogen (secondary N) is 1. The molecule has 0 aromatic carbocycles. The van der Waals surface area contributed by atoms with Gasteiger partial charge in [-0.25, -0.2) is 0 Å². The summed E-state index contributed by atoms with van der Waals surface area (Å²) in [5.74, 6) is 0. The summed E-state index contributed by atoms with van der Waals surface area (Å²) in [4.78, 5) is 0. The van der Waals surface area contributed by atoms with Crippen LogP contribution < -0.4 is 5.32 Å². The first-order valence-electron chi connectivity index (χ1n) is 6.96. The van der Waals surface area contributed by atoms with E-state index in [2.05, 4.69) is 23.5 Å².